The first-order valence-corrected chi connectivity index (χ1v) is 12.3. The summed E-state index contributed by atoms with van der Waals surface area (Å²) >= 11 is 0. The highest BCUT2D eigenvalue weighted by molar-refractivity contribution is 7.89. The largest absolute Gasteiger partial charge is 0.496 e. The van der Waals surface area contributed by atoms with E-state index in [-0.39, 0.29) is 23.6 Å². The van der Waals surface area contributed by atoms with Gasteiger partial charge >= 0.3 is 5.97 Å². The van der Waals surface area contributed by atoms with Crippen molar-refractivity contribution >= 4 is 21.7 Å². The molecule has 2 aromatic rings. The minimum atomic E-state index is -3.51. The maximum absolute atomic E-state index is 12.9. The Morgan fingerprint density at radius 2 is 1.73 bits per heavy atom. The van der Waals surface area contributed by atoms with E-state index in [1.807, 2.05) is 0 Å². The van der Waals surface area contributed by atoms with Gasteiger partial charge in [-0.1, -0.05) is 25.0 Å². The van der Waals surface area contributed by atoms with Gasteiger partial charge in [0.05, 0.1) is 16.9 Å². The lowest BCUT2D eigenvalue weighted by Gasteiger charge is -2.20. The number of benzene rings is 2. The van der Waals surface area contributed by atoms with E-state index in [9.17, 15) is 23.3 Å². The number of esters is 1. The summed E-state index contributed by atoms with van der Waals surface area (Å²) < 4.78 is 37.7. The van der Waals surface area contributed by atoms with Gasteiger partial charge in [-0.25, -0.2) is 8.42 Å². The SMILES string of the molecule is COc1ccc([N+](=O)[O-])cc1COC(=O)CCc1ccc(S(=O)(=O)N2CCCCCC2)cc1. The molecule has 0 aromatic heterocycles. The van der Waals surface area contributed by atoms with Gasteiger partial charge in [-0.2, -0.15) is 4.31 Å². The van der Waals surface area contributed by atoms with Gasteiger partial charge in [0.2, 0.25) is 10.0 Å². The van der Waals surface area contributed by atoms with E-state index < -0.39 is 20.9 Å². The number of nitro groups is 1. The van der Waals surface area contributed by atoms with Crippen molar-refractivity contribution in [2.75, 3.05) is 20.2 Å². The number of carbonyl (C=O) groups is 1. The molecule has 10 heteroatoms. The summed E-state index contributed by atoms with van der Waals surface area (Å²) in [7, 11) is -2.07. The number of nitro benzene ring substituents is 1. The number of rotatable bonds is 9. The molecule has 33 heavy (non-hydrogen) atoms. The molecule has 1 fully saturated rings. The first-order chi connectivity index (χ1) is 15.8. The number of non-ortho nitro benzene ring substituents is 1. The zero-order chi connectivity index (χ0) is 23.8. The van der Waals surface area contributed by atoms with Crippen LogP contribution >= 0.6 is 0 Å². The molecule has 1 saturated heterocycles. The van der Waals surface area contributed by atoms with E-state index in [1.165, 1.54) is 25.3 Å². The number of hydrogen-bond acceptors (Lipinski definition) is 7. The number of aryl methyl sites for hydroxylation is 1. The summed E-state index contributed by atoms with van der Waals surface area (Å²) in [6, 6.07) is 10.7. The van der Waals surface area contributed by atoms with Gasteiger partial charge in [0.25, 0.3) is 5.69 Å². The molecule has 0 spiro atoms. The smallest absolute Gasteiger partial charge is 0.306 e. The van der Waals surface area contributed by atoms with Crippen molar-refractivity contribution in [1.29, 1.82) is 0 Å². The zero-order valence-electron chi connectivity index (χ0n) is 18.6. The minimum Gasteiger partial charge on any atom is -0.496 e. The van der Waals surface area contributed by atoms with Crippen molar-refractivity contribution < 1.29 is 27.6 Å². The topological polar surface area (TPSA) is 116 Å². The molecule has 0 saturated carbocycles. The first-order valence-electron chi connectivity index (χ1n) is 10.9. The Bertz CT molecular complexity index is 1080. The molecule has 178 valence electrons. The fourth-order valence-electron chi connectivity index (χ4n) is 3.73. The number of sulfonamides is 1. The van der Waals surface area contributed by atoms with Crippen LogP contribution in [0.25, 0.3) is 0 Å². The third-order valence-electron chi connectivity index (χ3n) is 5.61. The summed E-state index contributed by atoms with van der Waals surface area (Å²) in [5, 5.41) is 11.0. The molecule has 0 unspecified atom stereocenters. The lowest BCUT2D eigenvalue weighted by molar-refractivity contribution is -0.385. The van der Waals surface area contributed by atoms with Gasteiger partial charge in [0, 0.05) is 37.2 Å². The number of methoxy groups -OCH3 is 1. The fraction of sp³-hybridized carbons (Fsp3) is 0.435. The van der Waals surface area contributed by atoms with E-state index in [2.05, 4.69) is 0 Å². The Morgan fingerprint density at radius 3 is 2.33 bits per heavy atom. The van der Waals surface area contributed by atoms with Crippen molar-refractivity contribution in [1.82, 2.24) is 4.31 Å². The van der Waals surface area contributed by atoms with Crippen LogP contribution in [0.4, 0.5) is 5.69 Å². The number of hydrogen-bond donors (Lipinski definition) is 0. The van der Waals surface area contributed by atoms with E-state index in [0.29, 0.717) is 30.8 Å². The third kappa shape index (κ3) is 6.52. The van der Waals surface area contributed by atoms with Crippen LogP contribution in [0.2, 0.25) is 0 Å². The quantitative estimate of drug-likeness (QED) is 0.307. The molecule has 3 rings (SSSR count). The second kappa shape index (κ2) is 11.2. The summed E-state index contributed by atoms with van der Waals surface area (Å²) in [6.07, 6.45) is 4.33. The lowest BCUT2D eigenvalue weighted by atomic mass is 10.1. The monoisotopic (exact) mass is 476 g/mol. The van der Waals surface area contributed by atoms with Crippen LogP contribution in [0.5, 0.6) is 5.75 Å². The summed E-state index contributed by atoms with van der Waals surface area (Å²) in [5.74, 6) is -0.0700. The van der Waals surface area contributed by atoms with Crippen molar-refractivity contribution in [3.8, 4) is 5.75 Å². The van der Waals surface area contributed by atoms with E-state index >= 15 is 0 Å². The molecule has 0 N–H and O–H groups in total. The van der Waals surface area contributed by atoms with Gasteiger partial charge < -0.3 is 9.47 Å². The minimum absolute atomic E-state index is 0.0927. The Hall–Kier alpha value is -2.98. The van der Waals surface area contributed by atoms with Gasteiger partial charge in [-0.15, -0.1) is 0 Å². The van der Waals surface area contributed by atoms with Crippen molar-refractivity contribution in [2.45, 2.75) is 50.0 Å². The van der Waals surface area contributed by atoms with Gasteiger partial charge in [0.1, 0.15) is 12.4 Å². The molecule has 1 heterocycles. The van der Waals surface area contributed by atoms with Gasteiger partial charge in [-0.05, 0) is 43.0 Å². The van der Waals surface area contributed by atoms with Crippen LogP contribution < -0.4 is 4.74 Å². The second-order valence-electron chi connectivity index (χ2n) is 7.88. The Morgan fingerprint density at radius 1 is 1.06 bits per heavy atom. The average Bonchev–Trinajstić information content (AvgIpc) is 3.11. The lowest BCUT2D eigenvalue weighted by Crippen LogP contribution is -2.31. The van der Waals surface area contributed by atoms with E-state index in [1.54, 1.807) is 28.6 Å². The molecule has 2 aromatic carbocycles. The predicted molar refractivity (Wildman–Crippen MR) is 121 cm³/mol. The molecule has 0 aliphatic carbocycles. The van der Waals surface area contributed by atoms with Crippen LogP contribution in [0.1, 0.15) is 43.2 Å². The third-order valence-corrected chi connectivity index (χ3v) is 7.52. The standard InChI is InChI=1S/C23H28N2O7S/c1-31-22-12-9-20(25(27)28)16-19(22)17-32-23(26)13-8-18-6-10-21(11-7-18)33(29,30)24-14-4-2-3-5-15-24/h6-7,9-12,16H,2-5,8,13-15,17H2,1H3. The van der Waals surface area contributed by atoms with Crippen molar-refractivity contribution in [3.63, 3.8) is 0 Å². The molecule has 0 amide bonds. The first kappa shape index (κ1) is 24.7. The number of nitrogens with zero attached hydrogens (tertiary/aromatic N) is 2. The Labute approximate surface area is 193 Å². The number of carbonyl (C=O) groups excluding carboxylic acids is 1. The molecule has 1 aliphatic rings. The van der Waals surface area contributed by atoms with Crippen molar-refractivity contribution in [3.05, 3.63) is 63.7 Å². The van der Waals surface area contributed by atoms with Gasteiger partial charge in [-0.3, -0.25) is 14.9 Å². The number of ether oxygens (including phenoxy) is 2. The highest BCUT2D eigenvalue weighted by Crippen LogP contribution is 2.25. The van der Waals surface area contributed by atoms with Crippen LogP contribution in [0, 0.1) is 10.1 Å². The highest BCUT2D eigenvalue weighted by Gasteiger charge is 2.25. The predicted octanol–water partition coefficient (Wildman–Crippen LogP) is 3.84. The highest BCUT2D eigenvalue weighted by atomic mass is 32.2. The van der Waals surface area contributed by atoms with Crippen LogP contribution in [-0.4, -0.2) is 43.8 Å². The van der Waals surface area contributed by atoms with Crippen LogP contribution in [0.15, 0.2) is 47.4 Å². The van der Waals surface area contributed by atoms with Crippen LogP contribution in [-0.2, 0) is 32.6 Å². The molecule has 0 atom stereocenters. The molecule has 0 radical (unpaired) electrons. The molecule has 9 nitrogen and oxygen atoms in total. The van der Waals surface area contributed by atoms with E-state index in [4.69, 9.17) is 9.47 Å². The maximum Gasteiger partial charge on any atom is 0.306 e. The molecular formula is C23H28N2O7S. The average molecular weight is 477 g/mol. The van der Waals surface area contributed by atoms with Crippen molar-refractivity contribution in [2.24, 2.45) is 0 Å². The normalized spacial score (nSPS) is 14.9. The molecule has 0 bridgehead atoms. The van der Waals surface area contributed by atoms with E-state index in [0.717, 1.165) is 31.2 Å². The Kier molecular flexibility index (Phi) is 8.40. The fourth-order valence-corrected chi connectivity index (χ4v) is 5.24. The molecule has 1 aliphatic heterocycles. The van der Waals surface area contributed by atoms with Gasteiger partial charge in [0.15, 0.2) is 0 Å². The molecular weight excluding hydrogens is 448 g/mol. The zero-order valence-corrected chi connectivity index (χ0v) is 19.4. The summed E-state index contributed by atoms with van der Waals surface area (Å²) in [6.45, 7) is 0.952. The second-order valence-corrected chi connectivity index (χ2v) is 9.81. The summed E-state index contributed by atoms with van der Waals surface area (Å²) in [5.41, 5.74) is 1.11. The van der Waals surface area contributed by atoms with Crippen LogP contribution in [0.3, 0.4) is 0 Å². The summed E-state index contributed by atoms with van der Waals surface area (Å²) in [4.78, 5) is 22.9. The Balaban J connectivity index is 1.55. The maximum atomic E-state index is 12.9.